The average Bonchev–Trinajstić information content (AvgIpc) is 2.30. The van der Waals surface area contributed by atoms with E-state index < -0.39 is 11.7 Å². The first-order valence-corrected chi connectivity index (χ1v) is 6.37. The minimum Gasteiger partial charge on any atom is -0.369 e. The van der Waals surface area contributed by atoms with Gasteiger partial charge < -0.3 is 10.6 Å². The van der Waals surface area contributed by atoms with Gasteiger partial charge in [-0.05, 0) is 28.9 Å². The predicted molar refractivity (Wildman–Crippen MR) is 68.7 cm³/mol. The van der Waals surface area contributed by atoms with E-state index in [1.807, 2.05) is 0 Å². The quantitative estimate of drug-likeness (QED) is 0.867. The predicted octanol–water partition coefficient (Wildman–Crippen LogP) is 2.80. The minimum absolute atomic E-state index is 0.0862. The van der Waals surface area contributed by atoms with Crippen molar-refractivity contribution < 1.29 is 18.0 Å². The molecule has 0 fully saturated rings. The van der Waals surface area contributed by atoms with Crippen molar-refractivity contribution in [3.63, 3.8) is 0 Å². The summed E-state index contributed by atoms with van der Waals surface area (Å²) >= 11 is 2.95. The molecule has 106 valence electrons. The molecule has 19 heavy (non-hydrogen) atoms. The van der Waals surface area contributed by atoms with Crippen LogP contribution in [0, 0.1) is 0 Å². The molecular weight excluding hydrogens is 327 g/mol. The van der Waals surface area contributed by atoms with Crippen molar-refractivity contribution in [1.29, 1.82) is 0 Å². The molecule has 2 N–H and O–H groups in total. The van der Waals surface area contributed by atoms with Gasteiger partial charge in [-0.15, -0.1) is 0 Å². The molecule has 1 amide bonds. The molecule has 0 aliphatic rings. The Balaban J connectivity index is 2.71. The molecule has 0 unspecified atom stereocenters. The molecule has 0 saturated carbocycles. The van der Waals surface area contributed by atoms with Crippen LogP contribution in [0.25, 0.3) is 0 Å². The van der Waals surface area contributed by atoms with E-state index >= 15 is 0 Å². The highest BCUT2D eigenvalue weighted by Gasteiger charge is 2.34. The van der Waals surface area contributed by atoms with Crippen molar-refractivity contribution in [2.75, 3.05) is 18.4 Å². The van der Waals surface area contributed by atoms with Gasteiger partial charge in [0, 0.05) is 30.2 Å². The Bertz CT molecular complexity index is 451. The number of hydrogen-bond acceptors (Lipinski definition) is 3. The summed E-state index contributed by atoms with van der Waals surface area (Å²) in [6, 6.07) is 0.946. The van der Waals surface area contributed by atoms with Crippen LogP contribution in [0.15, 0.2) is 16.7 Å². The second kappa shape index (κ2) is 6.74. The third-order valence-corrected chi connectivity index (χ3v) is 2.61. The first kappa shape index (κ1) is 15.7. The fourth-order valence-corrected chi connectivity index (χ4v) is 1.71. The number of pyridine rings is 1. The summed E-state index contributed by atoms with van der Waals surface area (Å²) in [4.78, 5) is 14.8. The number of halogens is 4. The molecule has 0 radical (unpaired) electrons. The largest absolute Gasteiger partial charge is 0.419 e. The Morgan fingerprint density at radius 2 is 2.16 bits per heavy atom. The number of hydrogen-bond donors (Lipinski definition) is 2. The zero-order valence-electron chi connectivity index (χ0n) is 10.1. The first-order valence-electron chi connectivity index (χ1n) is 5.58. The molecule has 4 nitrogen and oxygen atoms in total. The highest BCUT2D eigenvalue weighted by molar-refractivity contribution is 9.10. The Hall–Kier alpha value is -1.31. The number of nitrogens with zero attached hydrogens (tertiary/aromatic N) is 1. The second-order valence-electron chi connectivity index (χ2n) is 3.68. The van der Waals surface area contributed by atoms with Crippen molar-refractivity contribution in [2.24, 2.45) is 0 Å². The van der Waals surface area contributed by atoms with Gasteiger partial charge in [0.05, 0.1) is 5.56 Å². The maximum absolute atomic E-state index is 12.8. The summed E-state index contributed by atoms with van der Waals surface area (Å²) in [6.45, 7) is 2.34. The van der Waals surface area contributed by atoms with Crippen LogP contribution in [-0.2, 0) is 11.0 Å². The van der Waals surface area contributed by atoms with E-state index in [2.05, 4.69) is 31.5 Å². The lowest BCUT2D eigenvalue weighted by atomic mass is 10.2. The summed E-state index contributed by atoms with van der Waals surface area (Å²) in [6.07, 6.45) is -3.14. The van der Waals surface area contributed by atoms with Gasteiger partial charge in [-0.1, -0.05) is 0 Å². The van der Waals surface area contributed by atoms with Crippen molar-refractivity contribution in [1.82, 2.24) is 10.3 Å². The molecule has 0 aliphatic carbocycles. The second-order valence-corrected chi connectivity index (χ2v) is 4.59. The third kappa shape index (κ3) is 5.06. The normalized spacial score (nSPS) is 11.2. The van der Waals surface area contributed by atoms with Crippen molar-refractivity contribution >= 4 is 27.7 Å². The lowest BCUT2D eigenvalue weighted by Crippen LogP contribution is -2.25. The Kier molecular flexibility index (Phi) is 5.59. The number of amides is 1. The smallest absolute Gasteiger partial charge is 0.369 e. The summed E-state index contributed by atoms with van der Waals surface area (Å²) in [5, 5.41) is 5.08. The van der Waals surface area contributed by atoms with Crippen molar-refractivity contribution in [3.8, 4) is 0 Å². The van der Waals surface area contributed by atoms with Crippen molar-refractivity contribution in [3.05, 3.63) is 22.3 Å². The minimum atomic E-state index is -4.50. The zero-order chi connectivity index (χ0) is 14.5. The molecule has 0 aromatic carbocycles. The van der Waals surface area contributed by atoms with Gasteiger partial charge >= 0.3 is 6.18 Å². The summed E-state index contributed by atoms with van der Waals surface area (Å²) in [7, 11) is 0. The monoisotopic (exact) mass is 339 g/mol. The lowest BCUT2D eigenvalue weighted by Gasteiger charge is -2.13. The Morgan fingerprint density at radius 1 is 1.47 bits per heavy atom. The first-order chi connectivity index (χ1) is 8.84. The summed E-state index contributed by atoms with van der Waals surface area (Å²) < 4.78 is 38.5. The molecule has 0 saturated heterocycles. The molecule has 1 rings (SSSR count). The van der Waals surface area contributed by atoms with Crippen LogP contribution in [0.5, 0.6) is 0 Å². The number of carbonyl (C=O) groups excluding carboxylic acids is 1. The molecule has 0 bridgehead atoms. The number of alkyl halides is 3. The van der Waals surface area contributed by atoms with E-state index in [0.29, 0.717) is 6.54 Å². The average molecular weight is 340 g/mol. The van der Waals surface area contributed by atoms with Crippen LogP contribution in [0.3, 0.4) is 0 Å². The topological polar surface area (TPSA) is 54.0 Å². The van der Waals surface area contributed by atoms with Crippen LogP contribution in [0.4, 0.5) is 19.0 Å². The van der Waals surface area contributed by atoms with E-state index in [1.165, 1.54) is 6.20 Å². The van der Waals surface area contributed by atoms with E-state index in [-0.39, 0.29) is 29.2 Å². The van der Waals surface area contributed by atoms with Crippen LogP contribution < -0.4 is 10.6 Å². The fourth-order valence-electron chi connectivity index (χ4n) is 1.38. The Morgan fingerprint density at radius 3 is 2.74 bits per heavy atom. The molecule has 1 heterocycles. The number of anilines is 1. The molecule has 0 spiro atoms. The fraction of sp³-hybridized carbons (Fsp3) is 0.455. The standard InChI is InChI=1S/C11H13BrF3N3O/c1-2-16-9(19)3-4-17-10-8(11(13,14)15)5-7(12)6-18-10/h5-6H,2-4H2,1H3,(H,16,19)(H,17,18). The summed E-state index contributed by atoms with van der Waals surface area (Å²) in [5.41, 5.74) is -0.863. The van der Waals surface area contributed by atoms with Crippen LogP contribution >= 0.6 is 15.9 Å². The number of nitrogens with one attached hydrogen (secondary N) is 2. The van der Waals surface area contributed by atoms with E-state index in [0.717, 1.165) is 6.07 Å². The van der Waals surface area contributed by atoms with Crippen molar-refractivity contribution in [2.45, 2.75) is 19.5 Å². The molecular formula is C11H13BrF3N3O. The highest BCUT2D eigenvalue weighted by atomic mass is 79.9. The number of aromatic nitrogens is 1. The SMILES string of the molecule is CCNC(=O)CCNc1ncc(Br)cc1C(F)(F)F. The van der Waals surface area contributed by atoms with Crippen LogP contribution in [0.2, 0.25) is 0 Å². The Labute approximate surface area is 116 Å². The lowest BCUT2D eigenvalue weighted by molar-refractivity contribution is -0.137. The van der Waals surface area contributed by atoms with Gasteiger partial charge in [-0.3, -0.25) is 4.79 Å². The van der Waals surface area contributed by atoms with E-state index in [1.54, 1.807) is 6.92 Å². The van der Waals surface area contributed by atoms with Gasteiger partial charge in [0.2, 0.25) is 5.91 Å². The van der Waals surface area contributed by atoms with Crippen LogP contribution in [-0.4, -0.2) is 24.0 Å². The van der Waals surface area contributed by atoms with E-state index in [9.17, 15) is 18.0 Å². The van der Waals surface area contributed by atoms with Gasteiger partial charge in [0.15, 0.2) is 0 Å². The molecule has 1 aromatic rings. The van der Waals surface area contributed by atoms with E-state index in [4.69, 9.17) is 0 Å². The van der Waals surface area contributed by atoms with Gasteiger partial charge in [0.25, 0.3) is 0 Å². The van der Waals surface area contributed by atoms with Gasteiger partial charge in [-0.25, -0.2) is 4.98 Å². The van der Waals surface area contributed by atoms with Gasteiger partial charge in [-0.2, -0.15) is 13.2 Å². The summed E-state index contributed by atoms with van der Waals surface area (Å²) in [5.74, 6) is -0.499. The third-order valence-electron chi connectivity index (χ3n) is 2.18. The number of rotatable bonds is 5. The van der Waals surface area contributed by atoms with Gasteiger partial charge in [0.1, 0.15) is 5.82 Å². The molecule has 8 heteroatoms. The zero-order valence-corrected chi connectivity index (χ0v) is 11.7. The maximum atomic E-state index is 12.8. The maximum Gasteiger partial charge on any atom is 0.419 e. The molecule has 0 atom stereocenters. The molecule has 1 aromatic heterocycles. The highest BCUT2D eigenvalue weighted by Crippen LogP contribution is 2.35. The number of carbonyl (C=O) groups is 1. The van der Waals surface area contributed by atoms with Crippen LogP contribution in [0.1, 0.15) is 18.9 Å². The molecule has 0 aliphatic heterocycles.